The Kier molecular flexibility index (Phi) is 4.45. The molecule has 0 spiro atoms. The second kappa shape index (κ2) is 6.54. The summed E-state index contributed by atoms with van der Waals surface area (Å²) in [6, 6.07) is 3.55. The Labute approximate surface area is 142 Å². The molecule has 0 radical (unpaired) electrons. The van der Waals surface area contributed by atoms with E-state index in [4.69, 9.17) is 12.2 Å². The van der Waals surface area contributed by atoms with E-state index in [9.17, 15) is 4.79 Å². The number of nitrogens with one attached hydrogen (secondary N) is 1. The molecule has 1 fully saturated rings. The van der Waals surface area contributed by atoms with Crippen molar-refractivity contribution in [1.82, 2.24) is 14.9 Å². The van der Waals surface area contributed by atoms with E-state index in [1.807, 2.05) is 30.3 Å². The van der Waals surface area contributed by atoms with Crippen molar-refractivity contribution in [2.75, 3.05) is 25.0 Å². The monoisotopic (exact) mass is 325 g/mol. The van der Waals surface area contributed by atoms with Crippen LogP contribution < -0.4 is 10.6 Å². The average molecular weight is 325 g/mol. The Morgan fingerprint density at radius 3 is 3.08 bits per heavy atom. The number of amides is 1. The van der Waals surface area contributed by atoms with Gasteiger partial charge in [0, 0.05) is 49.5 Å². The standard InChI is InChI=1S/C18H23N5O/c1-4-13-7-10-23(18(24)12(2)19)11-16(13)22(3)15-6-9-21-17-14(15)5-8-20-17/h1,5-6,8-9,12-13,16H,7,10-11,19H2,2-3H3,(H,20,21)/t12-,13-,16+/m1/s1. The summed E-state index contributed by atoms with van der Waals surface area (Å²) in [5, 5.41) is 1.05. The van der Waals surface area contributed by atoms with Crippen LogP contribution in [0, 0.1) is 18.3 Å². The number of rotatable bonds is 3. The number of likely N-dealkylation sites (N-methyl/N-ethyl adjacent to an activating group) is 1. The number of hydrogen-bond acceptors (Lipinski definition) is 4. The maximum absolute atomic E-state index is 12.3. The number of likely N-dealkylation sites (tertiary alicyclic amines) is 1. The molecule has 3 rings (SSSR count). The van der Waals surface area contributed by atoms with Gasteiger partial charge in [-0.3, -0.25) is 4.79 Å². The lowest BCUT2D eigenvalue weighted by Gasteiger charge is -2.42. The van der Waals surface area contributed by atoms with E-state index in [1.165, 1.54) is 0 Å². The van der Waals surface area contributed by atoms with Crippen molar-refractivity contribution in [3.8, 4) is 12.3 Å². The zero-order chi connectivity index (χ0) is 17.3. The second-order valence-corrected chi connectivity index (χ2v) is 6.38. The number of terminal acetylenes is 1. The Morgan fingerprint density at radius 1 is 1.58 bits per heavy atom. The van der Waals surface area contributed by atoms with Gasteiger partial charge in [0.2, 0.25) is 5.91 Å². The summed E-state index contributed by atoms with van der Waals surface area (Å²) in [5.41, 5.74) is 7.67. The van der Waals surface area contributed by atoms with Crippen LogP contribution in [0.1, 0.15) is 13.3 Å². The van der Waals surface area contributed by atoms with Gasteiger partial charge in [-0.25, -0.2) is 4.98 Å². The largest absolute Gasteiger partial charge is 0.368 e. The Balaban J connectivity index is 1.90. The number of carbonyl (C=O) groups excluding carboxylic acids is 1. The maximum atomic E-state index is 12.3. The minimum atomic E-state index is -0.490. The lowest BCUT2D eigenvalue weighted by molar-refractivity contribution is -0.133. The number of H-pyrrole nitrogens is 1. The van der Waals surface area contributed by atoms with Crippen LogP contribution in [0.3, 0.4) is 0 Å². The first-order valence-corrected chi connectivity index (χ1v) is 8.18. The van der Waals surface area contributed by atoms with E-state index >= 15 is 0 Å². The first-order valence-electron chi connectivity index (χ1n) is 8.18. The van der Waals surface area contributed by atoms with Gasteiger partial charge in [0.15, 0.2) is 0 Å². The molecule has 2 aromatic rings. The van der Waals surface area contributed by atoms with Crippen molar-refractivity contribution >= 4 is 22.6 Å². The molecule has 24 heavy (non-hydrogen) atoms. The fourth-order valence-electron chi connectivity index (χ4n) is 3.44. The summed E-state index contributed by atoms with van der Waals surface area (Å²) in [5.74, 6) is 2.97. The lowest BCUT2D eigenvalue weighted by atomic mass is 9.90. The van der Waals surface area contributed by atoms with Crippen molar-refractivity contribution in [2.45, 2.75) is 25.4 Å². The highest BCUT2D eigenvalue weighted by Gasteiger charge is 2.34. The summed E-state index contributed by atoms with van der Waals surface area (Å²) >= 11 is 0. The smallest absolute Gasteiger partial charge is 0.239 e. The molecule has 0 saturated carbocycles. The molecule has 126 valence electrons. The van der Waals surface area contributed by atoms with Gasteiger partial charge in [-0.15, -0.1) is 12.3 Å². The number of anilines is 1. The Bertz CT molecular complexity index is 775. The third-order valence-corrected chi connectivity index (χ3v) is 4.81. The highest BCUT2D eigenvalue weighted by atomic mass is 16.2. The topological polar surface area (TPSA) is 78.2 Å². The number of nitrogens with two attached hydrogens (primary N) is 1. The van der Waals surface area contributed by atoms with Gasteiger partial charge in [0.25, 0.3) is 0 Å². The van der Waals surface area contributed by atoms with Crippen molar-refractivity contribution in [1.29, 1.82) is 0 Å². The molecule has 6 heteroatoms. The van der Waals surface area contributed by atoms with Crippen LogP contribution in [0.4, 0.5) is 5.69 Å². The van der Waals surface area contributed by atoms with E-state index in [1.54, 1.807) is 13.1 Å². The Morgan fingerprint density at radius 2 is 2.38 bits per heavy atom. The van der Waals surface area contributed by atoms with Crippen LogP contribution in [0.25, 0.3) is 11.0 Å². The number of nitrogens with zero attached hydrogens (tertiary/aromatic N) is 3. The quantitative estimate of drug-likeness (QED) is 0.831. The molecule has 2 aromatic heterocycles. The van der Waals surface area contributed by atoms with E-state index < -0.39 is 6.04 Å². The van der Waals surface area contributed by atoms with E-state index in [2.05, 4.69) is 20.8 Å². The van der Waals surface area contributed by atoms with Crippen LogP contribution in [-0.2, 0) is 4.79 Å². The molecule has 0 aromatic carbocycles. The summed E-state index contributed by atoms with van der Waals surface area (Å²) in [6.07, 6.45) is 10.2. The van der Waals surface area contributed by atoms with Gasteiger partial charge in [0.1, 0.15) is 5.65 Å². The number of piperidine rings is 1. The normalized spacial score (nSPS) is 22.2. The van der Waals surface area contributed by atoms with E-state index in [0.29, 0.717) is 13.1 Å². The lowest BCUT2D eigenvalue weighted by Crippen LogP contribution is -2.55. The number of fused-ring (bicyclic) bond motifs is 1. The average Bonchev–Trinajstić information content (AvgIpc) is 3.08. The molecule has 0 unspecified atom stereocenters. The minimum absolute atomic E-state index is 0.0228. The van der Waals surface area contributed by atoms with Gasteiger partial charge in [0.05, 0.1) is 12.1 Å². The number of pyridine rings is 1. The fourth-order valence-corrected chi connectivity index (χ4v) is 3.44. The van der Waals surface area contributed by atoms with Gasteiger partial charge in [-0.05, 0) is 25.5 Å². The van der Waals surface area contributed by atoms with E-state index in [0.717, 1.165) is 23.1 Å². The highest BCUT2D eigenvalue weighted by Crippen LogP contribution is 2.30. The van der Waals surface area contributed by atoms with Crippen molar-refractivity contribution in [3.05, 3.63) is 24.5 Å². The second-order valence-electron chi connectivity index (χ2n) is 6.38. The third-order valence-electron chi connectivity index (χ3n) is 4.81. The van der Waals surface area contributed by atoms with Gasteiger partial charge in [-0.2, -0.15) is 0 Å². The summed E-state index contributed by atoms with van der Waals surface area (Å²) in [4.78, 5) is 23.7. The Hall–Kier alpha value is -2.52. The van der Waals surface area contributed by atoms with Gasteiger partial charge in [-0.1, -0.05) is 0 Å². The zero-order valence-corrected chi connectivity index (χ0v) is 14.1. The van der Waals surface area contributed by atoms with Crippen molar-refractivity contribution in [3.63, 3.8) is 0 Å². The molecule has 3 atom stereocenters. The first kappa shape index (κ1) is 16.3. The minimum Gasteiger partial charge on any atom is -0.368 e. The van der Waals surface area contributed by atoms with Crippen LogP contribution in [0.5, 0.6) is 0 Å². The van der Waals surface area contributed by atoms with Crippen molar-refractivity contribution < 1.29 is 4.79 Å². The number of carbonyl (C=O) groups is 1. The van der Waals surface area contributed by atoms with Crippen LogP contribution >= 0.6 is 0 Å². The third kappa shape index (κ3) is 2.83. The van der Waals surface area contributed by atoms with Crippen LogP contribution in [0.2, 0.25) is 0 Å². The van der Waals surface area contributed by atoms with Gasteiger partial charge < -0.3 is 20.5 Å². The maximum Gasteiger partial charge on any atom is 0.239 e. The molecule has 1 aliphatic rings. The fraction of sp³-hybridized carbons (Fsp3) is 0.444. The summed E-state index contributed by atoms with van der Waals surface area (Å²) in [7, 11) is 2.02. The SMILES string of the molecule is C#C[C@@H]1CCN(C(=O)[C@@H](C)N)C[C@@H]1N(C)c1ccnc2[nH]ccc12. The molecule has 1 aliphatic heterocycles. The zero-order valence-electron chi connectivity index (χ0n) is 14.1. The van der Waals surface area contributed by atoms with Gasteiger partial charge >= 0.3 is 0 Å². The van der Waals surface area contributed by atoms with Crippen LogP contribution in [-0.4, -0.2) is 53.0 Å². The van der Waals surface area contributed by atoms with E-state index in [-0.39, 0.29) is 17.9 Å². The van der Waals surface area contributed by atoms with Crippen LogP contribution in [0.15, 0.2) is 24.5 Å². The molecule has 1 amide bonds. The predicted octanol–water partition coefficient (Wildman–Crippen LogP) is 1.20. The molecule has 6 nitrogen and oxygen atoms in total. The molecular weight excluding hydrogens is 302 g/mol. The molecule has 0 aliphatic carbocycles. The molecule has 3 N–H and O–H groups in total. The summed E-state index contributed by atoms with van der Waals surface area (Å²) in [6.45, 7) is 2.97. The molecule has 1 saturated heterocycles. The predicted molar refractivity (Wildman–Crippen MR) is 95.5 cm³/mol. The number of aromatic amines is 1. The molecule has 0 bridgehead atoms. The number of aromatic nitrogens is 2. The highest BCUT2D eigenvalue weighted by molar-refractivity contribution is 5.90. The summed E-state index contributed by atoms with van der Waals surface area (Å²) < 4.78 is 0. The number of hydrogen-bond donors (Lipinski definition) is 2. The molecule has 3 heterocycles. The van der Waals surface area contributed by atoms with Crippen molar-refractivity contribution in [2.24, 2.45) is 11.7 Å². The molecular formula is C18H23N5O. The first-order chi connectivity index (χ1) is 11.5.